The molecule has 0 bridgehead atoms. The largest absolute Gasteiger partial charge is 0.496 e. The number of aryl methyl sites for hydroxylation is 2. The van der Waals surface area contributed by atoms with E-state index in [1.165, 1.54) is 26.4 Å². The number of imidazole rings is 2. The number of methoxy groups -OCH3 is 4. The van der Waals surface area contributed by atoms with Crippen molar-refractivity contribution in [1.82, 2.24) is 28.2 Å². The van der Waals surface area contributed by atoms with Gasteiger partial charge in [-0.2, -0.15) is 10.5 Å². The predicted octanol–water partition coefficient (Wildman–Crippen LogP) is 15.7. The molecule has 18 nitrogen and oxygen atoms in total. The van der Waals surface area contributed by atoms with Gasteiger partial charge in [0.15, 0.2) is 0 Å². The van der Waals surface area contributed by atoms with Crippen LogP contribution in [0.5, 0.6) is 11.5 Å². The van der Waals surface area contributed by atoms with Crippen LogP contribution in [0.2, 0.25) is 103 Å². The van der Waals surface area contributed by atoms with Gasteiger partial charge in [0, 0.05) is 105 Å². The molecule has 8 aromatic rings. The molecule has 4 aromatic heterocycles. The van der Waals surface area contributed by atoms with Gasteiger partial charge in [-0.1, -0.05) is 90.7 Å². The fourth-order valence-corrected chi connectivity index (χ4v) is 14.5. The summed E-state index contributed by atoms with van der Waals surface area (Å²) >= 11 is 0. The van der Waals surface area contributed by atoms with Crippen molar-refractivity contribution in [2.45, 2.75) is 168 Å². The van der Waals surface area contributed by atoms with Crippen molar-refractivity contribution in [3.8, 4) is 23.6 Å². The number of fused-ring (bicyclic) bond motifs is 4. The van der Waals surface area contributed by atoms with E-state index in [2.05, 4.69) is 126 Å². The monoisotopic (exact) mass is 1350 g/mol. The topological polar surface area (TPSA) is 201 Å². The molecule has 0 fully saturated rings. The molecule has 2 unspecified atom stereocenters. The Hall–Kier alpha value is -7.39. The molecule has 0 saturated carbocycles. The lowest BCUT2D eigenvalue weighted by atomic mass is 9.78. The summed E-state index contributed by atoms with van der Waals surface area (Å²) in [4.78, 5) is 35.5. The molecule has 2 atom stereocenters. The van der Waals surface area contributed by atoms with Crippen molar-refractivity contribution >= 4 is 88.1 Å². The van der Waals surface area contributed by atoms with Gasteiger partial charge in [-0.25, -0.2) is 19.6 Å². The average molecular weight is 1350 g/mol. The van der Waals surface area contributed by atoms with E-state index in [-0.39, 0.29) is 13.5 Å². The van der Waals surface area contributed by atoms with Crippen LogP contribution in [0.3, 0.4) is 0 Å². The number of ether oxygens (including phenoxy) is 8. The Labute approximate surface area is 560 Å². The molecule has 0 aliphatic carbocycles. The molecule has 0 spiro atoms. The van der Waals surface area contributed by atoms with Gasteiger partial charge >= 0.3 is 11.9 Å². The Bertz CT molecular complexity index is 3990. The Kier molecular flexibility index (Phi) is 24.4. The molecule has 22 heteroatoms. The summed E-state index contributed by atoms with van der Waals surface area (Å²) in [6.07, 6.45) is 10.6. The maximum Gasteiger partial charge on any atom is 0.330 e. The molecule has 0 amide bonds. The van der Waals surface area contributed by atoms with E-state index in [4.69, 9.17) is 47.9 Å². The number of esters is 2. The number of carbonyl (C=O) groups is 2. The lowest BCUT2D eigenvalue weighted by molar-refractivity contribution is -0.135. The quantitative estimate of drug-likeness (QED) is 0.0178. The summed E-state index contributed by atoms with van der Waals surface area (Å²) in [7, 11) is 0.936. The molecular weight excluding hydrogens is 1250 g/mol. The number of nitriles is 2. The van der Waals surface area contributed by atoms with Gasteiger partial charge in [-0.05, 0) is 124 Å². The van der Waals surface area contributed by atoms with E-state index < -0.39 is 55.1 Å². The molecule has 0 radical (unpaired) electrons. The minimum Gasteiger partial charge on any atom is -0.496 e. The van der Waals surface area contributed by atoms with Crippen LogP contribution in [0.4, 0.5) is 0 Å². The Morgan fingerprint density at radius 3 is 1.26 bits per heavy atom. The van der Waals surface area contributed by atoms with Crippen molar-refractivity contribution in [1.29, 1.82) is 10.5 Å². The highest BCUT2D eigenvalue weighted by Crippen LogP contribution is 2.47. The first-order chi connectivity index (χ1) is 44.2. The van der Waals surface area contributed by atoms with Crippen LogP contribution in [-0.2, 0) is 75.8 Å². The predicted molar refractivity (Wildman–Crippen MR) is 387 cm³/mol. The Balaban J connectivity index is 0.000000266. The van der Waals surface area contributed by atoms with Crippen LogP contribution in [-0.4, -0.2) is 127 Å². The number of hydrogen-bond acceptors (Lipinski definition) is 14. The maximum absolute atomic E-state index is 12.6. The van der Waals surface area contributed by atoms with Crippen molar-refractivity contribution in [2.24, 2.45) is 0 Å². The zero-order valence-electron chi connectivity index (χ0n) is 59.4. The van der Waals surface area contributed by atoms with E-state index in [9.17, 15) is 20.1 Å². The highest BCUT2D eigenvalue weighted by atomic mass is 28.3. The first-order valence-electron chi connectivity index (χ1n) is 32.2. The van der Waals surface area contributed by atoms with E-state index in [1.54, 1.807) is 32.4 Å². The number of benzene rings is 4. The lowest BCUT2D eigenvalue weighted by Crippen LogP contribution is -2.28. The molecular formula is C72H100N8O10Si4. The highest BCUT2D eigenvalue weighted by Gasteiger charge is 2.40. The molecule has 0 N–H and O–H groups in total. The van der Waals surface area contributed by atoms with Crippen LogP contribution in [0.25, 0.3) is 43.9 Å². The van der Waals surface area contributed by atoms with E-state index in [0.29, 0.717) is 79.7 Å². The second-order valence-electron chi connectivity index (χ2n) is 29.5. The summed E-state index contributed by atoms with van der Waals surface area (Å²) in [5, 5.41) is 21.3. The second kappa shape index (κ2) is 31.0. The summed E-state index contributed by atoms with van der Waals surface area (Å²) < 4.78 is 55.5. The van der Waals surface area contributed by atoms with Crippen LogP contribution in [0.15, 0.2) is 97.4 Å². The van der Waals surface area contributed by atoms with Crippen molar-refractivity contribution in [3.05, 3.63) is 142 Å². The van der Waals surface area contributed by atoms with Crippen LogP contribution < -0.4 is 9.47 Å². The van der Waals surface area contributed by atoms with Gasteiger partial charge in [0.1, 0.15) is 50.1 Å². The zero-order valence-corrected chi connectivity index (χ0v) is 63.4. The first kappa shape index (κ1) is 74.0. The molecule has 94 heavy (non-hydrogen) atoms. The minimum absolute atomic E-state index is 0.232. The molecule has 0 saturated heterocycles. The third-order valence-electron chi connectivity index (χ3n) is 17.0. The molecule has 0 aliphatic rings. The minimum atomic E-state index is -1.33. The van der Waals surface area contributed by atoms with E-state index >= 15 is 0 Å². The Morgan fingerprint density at radius 1 is 0.500 bits per heavy atom. The normalized spacial score (nSPS) is 13.7. The van der Waals surface area contributed by atoms with Crippen LogP contribution in [0.1, 0.15) is 58.9 Å². The fourth-order valence-electron chi connectivity index (χ4n) is 11.5. The summed E-state index contributed by atoms with van der Waals surface area (Å²) in [5.41, 5.74) is 7.88. The van der Waals surface area contributed by atoms with Crippen LogP contribution in [0, 0.1) is 36.5 Å². The first-order valence-corrected chi connectivity index (χ1v) is 47.1. The number of aromatic nitrogens is 6. The standard InChI is InChI=1S/2C36H50N4O5Si2/c1-26-21-31(42-3)33(28-14-16-39(34(26)28)24-44-17-19-46(5,6)7)36(2,15-13-32(41)43-4)35-38-29-22-27(23-37)11-12-30(29)40(35)25-45-18-20-47(8,9)10;1-26-21-31(42-3)33(28-14-16-39(34(26)28)24-44-17-19-46(5,6)7)36(2,15-13-32(41)43-4)35-38-29-12-11-27(23-37)22-30(29)40(35)25-45-18-20-47(8,9)10/h2*11-16,21-22H,17-20,24-25H2,1-10H3. The molecule has 0 aliphatic heterocycles. The fraction of sp³-hybridized carbons (Fsp3) is 0.472. The number of rotatable bonds is 30. The van der Waals surface area contributed by atoms with Gasteiger partial charge < -0.3 is 56.2 Å². The number of allylic oxidation sites excluding steroid dienone is 2. The third-order valence-corrected chi connectivity index (χ3v) is 23.8. The van der Waals surface area contributed by atoms with Crippen molar-refractivity contribution in [3.63, 3.8) is 0 Å². The van der Waals surface area contributed by atoms with Gasteiger partial charge in [-0.3, -0.25) is 0 Å². The lowest BCUT2D eigenvalue weighted by Gasteiger charge is -2.30. The molecule has 8 rings (SSSR count). The molecule has 4 aromatic carbocycles. The molecule has 504 valence electrons. The molecule has 4 heterocycles. The zero-order chi connectivity index (χ0) is 69.1. The number of hydrogen-bond donors (Lipinski definition) is 0. The highest BCUT2D eigenvalue weighted by molar-refractivity contribution is 6.77. The van der Waals surface area contributed by atoms with Crippen molar-refractivity contribution < 1.29 is 47.5 Å². The van der Waals surface area contributed by atoms with Gasteiger partial charge in [-0.15, -0.1) is 0 Å². The maximum atomic E-state index is 12.6. The van der Waals surface area contributed by atoms with E-state index in [0.717, 1.165) is 84.8 Å². The number of nitrogens with zero attached hydrogens (tertiary/aromatic N) is 8. The smallest absolute Gasteiger partial charge is 0.330 e. The summed E-state index contributed by atoms with van der Waals surface area (Å²) in [6.45, 7) is 40.2. The summed E-state index contributed by atoms with van der Waals surface area (Å²) in [6, 6.07) is 27.9. The Morgan fingerprint density at radius 2 is 0.872 bits per heavy atom. The SMILES string of the molecule is COC(=O)C=CC(C)(c1c(OC)cc(C)c2c1ccn2COCC[Si](C)(C)C)c1nc2cc(C#N)ccc2n1COCC[Si](C)(C)C.COC(=O)C=CC(C)(c1c(OC)cc(C)c2c1ccn2COCC[Si](C)(C)C)c1nc2ccc(C#N)cc2n1COCC[Si](C)(C)C. The van der Waals surface area contributed by atoms with Crippen molar-refractivity contribution in [2.75, 3.05) is 54.9 Å². The average Bonchev–Trinajstić information content (AvgIpc) is 1.51. The third kappa shape index (κ3) is 18.1. The van der Waals surface area contributed by atoms with Gasteiger partial charge in [0.2, 0.25) is 0 Å². The second-order valence-corrected chi connectivity index (χ2v) is 52.0. The van der Waals surface area contributed by atoms with Crippen LogP contribution >= 0.6 is 0 Å². The number of carbonyl (C=O) groups excluding carboxylic acids is 2. The summed E-state index contributed by atoms with van der Waals surface area (Å²) in [5.74, 6) is 1.68. The van der Waals surface area contributed by atoms with E-state index in [1.807, 2.05) is 77.9 Å². The van der Waals surface area contributed by atoms with Gasteiger partial charge in [0.05, 0.1) is 95.6 Å². The van der Waals surface area contributed by atoms with Gasteiger partial charge in [0.25, 0.3) is 0 Å².